The Balaban J connectivity index is 1.93. The number of rotatable bonds is 4. The zero-order valence-electron chi connectivity index (χ0n) is 16.4. The maximum absolute atomic E-state index is 12.9. The molecule has 1 amide bonds. The van der Waals surface area contributed by atoms with Gasteiger partial charge in [-0.1, -0.05) is 39.8 Å². The Morgan fingerprint density at radius 3 is 2.30 bits per heavy atom. The second-order valence-corrected chi connectivity index (χ2v) is 9.73. The molecule has 5 nitrogen and oxygen atoms in total. The van der Waals surface area contributed by atoms with Gasteiger partial charge >= 0.3 is 0 Å². The predicted octanol–water partition coefficient (Wildman–Crippen LogP) is 4.25. The summed E-state index contributed by atoms with van der Waals surface area (Å²) in [6.45, 7) is 10.3. The van der Waals surface area contributed by atoms with Crippen LogP contribution in [0.2, 0.25) is 0 Å². The van der Waals surface area contributed by atoms with E-state index in [0.717, 1.165) is 16.8 Å². The first-order valence-corrected chi connectivity index (χ1v) is 10.5. The molecule has 2 aromatic carbocycles. The third kappa shape index (κ3) is 3.72. The standard InChI is InChI=1S/C21H26N2O3S/c1-14(2)16-6-8-17(9-7-16)22-27(25,26)18-10-11-20-19(12-18)21(4,5)13-23(20)15(3)24/h6-12,14,22H,13H2,1-5H3. The molecule has 0 aromatic heterocycles. The molecule has 144 valence electrons. The summed E-state index contributed by atoms with van der Waals surface area (Å²) < 4.78 is 28.4. The van der Waals surface area contributed by atoms with Gasteiger partial charge in [0.1, 0.15) is 0 Å². The molecule has 0 saturated heterocycles. The number of carbonyl (C=O) groups is 1. The minimum atomic E-state index is -3.71. The van der Waals surface area contributed by atoms with Gasteiger partial charge in [-0.2, -0.15) is 0 Å². The fourth-order valence-corrected chi connectivity index (χ4v) is 4.54. The van der Waals surface area contributed by atoms with Crippen LogP contribution in [-0.2, 0) is 20.2 Å². The number of amides is 1. The Morgan fingerprint density at radius 2 is 1.74 bits per heavy atom. The van der Waals surface area contributed by atoms with E-state index in [1.165, 1.54) is 6.92 Å². The van der Waals surface area contributed by atoms with E-state index in [4.69, 9.17) is 0 Å². The smallest absolute Gasteiger partial charge is 0.261 e. The summed E-state index contributed by atoms with van der Waals surface area (Å²) in [7, 11) is -3.71. The van der Waals surface area contributed by atoms with E-state index in [0.29, 0.717) is 18.2 Å². The summed E-state index contributed by atoms with van der Waals surface area (Å²) in [5.74, 6) is 0.347. The van der Waals surface area contributed by atoms with E-state index in [2.05, 4.69) is 18.6 Å². The maximum atomic E-state index is 12.9. The van der Waals surface area contributed by atoms with Crippen LogP contribution >= 0.6 is 0 Å². The molecule has 6 heteroatoms. The lowest BCUT2D eigenvalue weighted by atomic mass is 9.87. The predicted molar refractivity (Wildman–Crippen MR) is 109 cm³/mol. The van der Waals surface area contributed by atoms with Crippen molar-refractivity contribution in [3.05, 3.63) is 53.6 Å². The highest BCUT2D eigenvalue weighted by atomic mass is 32.2. The Hall–Kier alpha value is -2.34. The molecule has 0 bridgehead atoms. The fraction of sp³-hybridized carbons (Fsp3) is 0.381. The first-order chi connectivity index (χ1) is 12.5. The molecule has 27 heavy (non-hydrogen) atoms. The van der Waals surface area contributed by atoms with Gasteiger partial charge in [-0.15, -0.1) is 0 Å². The van der Waals surface area contributed by atoms with Crippen molar-refractivity contribution in [2.24, 2.45) is 0 Å². The van der Waals surface area contributed by atoms with Crippen LogP contribution in [0.15, 0.2) is 47.4 Å². The largest absolute Gasteiger partial charge is 0.311 e. The van der Waals surface area contributed by atoms with Crippen LogP contribution in [0.3, 0.4) is 0 Å². The van der Waals surface area contributed by atoms with Crippen LogP contribution in [0.4, 0.5) is 11.4 Å². The van der Waals surface area contributed by atoms with Crippen LogP contribution in [0, 0.1) is 0 Å². The number of anilines is 2. The molecule has 1 aliphatic rings. The number of fused-ring (bicyclic) bond motifs is 1. The van der Waals surface area contributed by atoms with Crippen LogP contribution in [0.1, 0.15) is 51.7 Å². The van der Waals surface area contributed by atoms with E-state index in [9.17, 15) is 13.2 Å². The van der Waals surface area contributed by atoms with E-state index in [1.54, 1.807) is 35.2 Å². The van der Waals surface area contributed by atoms with Crippen molar-refractivity contribution in [2.75, 3.05) is 16.2 Å². The molecule has 0 radical (unpaired) electrons. The summed E-state index contributed by atoms with van der Waals surface area (Å²) in [5, 5.41) is 0. The van der Waals surface area contributed by atoms with Crippen LogP contribution in [0.25, 0.3) is 0 Å². The SMILES string of the molecule is CC(=O)N1CC(C)(C)c2cc(S(=O)(=O)Nc3ccc(C(C)C)cc3)ccc21. The van der Waals surface area contributed by atoms with Gasteiger partial charge in [-0.05, 0) is 47.4 Å². The summed E-state index contributed by atoms with van der Waals surface area (Å²) in [5.41, 5.74) is 3.04. The highest BCUT2D eigenvalue weighted by Gasteiger charge is 2.37. The van der Waals surface area contributed by atoms with Gasteiger partial charge in [-0.3, -0.25) is 9.52 Å². The molecule has 0 saturated carbocycles. The number of sulfonamides is 1. The summed E-state index contributed by atoms with van der Waals surface area (Å²) >= 11 is 0. The Morgan fingerprint density at radius 1 is 1.11 bits per heavy atom. The molecule has 0 aliphatic carbocycles. The molecule has 1 N–H and O–H groups in total. The van der Waals surface area contributed by atoms with Gasteiger partial charge in [0.2, 0.25) is 5.91 Å². The number of carbonyl (C=O) groups excluding carboxylic acids is 1. The van der Waals surface area contributed by atoms with Crippen molar-refractivity contribution in [1.82, 2.24) is 0 Å². The second-order valence-electron chi connectivity index (χ2n) is 8.05. The number of nitrogens with one attached hydrogen (secondary N) is 1. The van der Waals surface area contributed by atoms with Crippen molar-refractivity contribution < 1.29 is 13.2 Å². The van der Waals surface area contributed by atoms with E-state index in [1.807, 2.05) is 26.0 Å². The topological polar surface area (TPSA) is 66.5 Å². The Bertz CT molecular complexity index is 977. The second kappa shape index (κ2) is 6.68. The van der Waals surface area contributed by atoms with Crippen molar-refractivity contribution in [3.63, 3.8) is 0 Å². The zero-order chi connectivity index (χ0) is 20.0. The first kappa shape index (κ1) is 19.4. The Labute approximate surface area is 161 Å². The van der Waals surface area contributed by atoms with Crippen LogP contribution in [-0.4, -0.2) is 20.9 Å². The minimum absolute atomic E-state index is 0.0409. The number of nitrogens with zero attached hydrogens (tertiary/aromatic N) is 1. The van der Waals surface area contributed by atoms with Gasteiger partial charge in [0.05, 0.1) is 4.90 Å². The third-order valence-electron chi connectivity index (χ3n) is 5.06. The van der Waals surface area contributed by atoms with E-state index >= 15 is 0 Å². The molecule has 0 spiro atoms. The fourth-order valence-electron chi connectivity index (χ4n) is 3.46. The van der Waals surface area contributed by atoms with Crippen LogP contribution < -0.4 is 9.62 Å². The van der Waals surface area contributed by atoms with Crippen molar-refractivity contribution in [2.45, 2.75) is 50.8 Å². The monoisotopic (exact) mass is 386 g/mol. The lowest BCUT2D eigenvalue weighted by molar-refractivity contribution is -0.116. The average Bonchev–Trinajstić information content (AvgIpc) is 2.86. The maximum Gasteiger partial charge on any atom is 0.261 e. The van der Waals surface area contributed by atoms with Gasteiger partial charge < -0.3 is 4.90 Å². The normalized spacial score (nSPS) is 15.7. The number of hydrogen-bond acceptors (Lipinski definition) is 3. The lowest BCUT2D eigenvalue weighted by Gasteiger charge is -2.19. The summed E-state index contributed by atoms with van der Waals surface area (Å²) in [6, 6.07) is 12.4. The molecule has 1 heterocycles. The van der Waals surface area contributed by atoms with Gasteiger partial charge in [0.25, 0.3) is 10.0 Å². The lowest BCUT2D eigenvalue weighted by Crippen LogP contribution is -2.31. The van der Waals surface area contributed by atoms with Gasteiger partial charge in [0, 0.05) is 30.3 Å². The molecule has 3 rings (SSSR count). The highest BCUT2D eigenvalue weighted by molar-refractivity contribution is 7.92. The first-order valence-electron chi connectivity index (χ1n) is 9.07. The number of hydrogen-bond donors (Lipinski definition) is 1. The Kier molecular flexibility index (Phi) is 4.80. The van der Waals surface area contributed by atoms with Gasteiger partial charge in [0.15, 0.2) is 0 Å². The third-order valence-corrected chi connectivity index (χ3v) is 6.44. The van der Waals surface area contributed by atoms with Crippen LogP contribution in [0.5, 0.6) is 0 Å². The van der Waals surface area contributed by atoms with Crippen molar-refractivity contribution in [1.29, 1.82) is 0 Å². The number of benzene rings is 2. The summed E-state index contributed by atoms with van der Waals surface area (Å²) in [6.07, 6.45) is 0. The molecule has 1 aliphatic heterocycles. The van der Waals surface area contributed by atoms with E-state index < -0.39 is 10.0 Å². The highest BCUT2D eigenvalue weighted by Crippen LogP contribution is 2.41. The average molecular weight is 387 g/mol. The van der Waals surface area contributed by atoms with Crippen molar-refractivity contribution in [3.8, 4) is 0 Å². The molecular formula is C21H26N2O3S. The molecule has 2 aromatic rings. The van der Waals surface area contributed by atoms with E-state index in [-0.39, 0.29) is 16.2 Å². The molecule has 0 unspecified atom stereocenters. The molecular weight excluding hydrogens is 360 g/mol. The zero-order valence-corrected chi connectivity index (χ0v) is 17.2. The quantitative estimate of drug-likeness (QED) is 0.854. The molecule has 0 atom stereocenters. The summed E-state index contributed by atoms with van der Waals surface area (Å²) in [4.78, 5) is 13.8. The van der Waals surface area contributed by atoms with Crippen molar-refractivity contribution >= 4 is 27.3 Å². The minimum Gasteiger partial charge on any atom is -0.311 e. The van der Waals surface area contributed by atoms with Gasteiger partial charge in [-0.25, -0.2) is 8.42 Å². The molecule has 0 fully saturated rings.